The van der Waals surface area contributed by atoms with Gasteiger partial charge in [0, 0.05) is 5.02 Å². The quantitative estimate of drug-likeness (QED) is 0.786. The van der Waals surface area contributed by atoms with Crippen LogP contribution in [0.3, 0.4) is 0 Å². The van der Waals surface area contributed by atoms with E-state index in [0.29, 0.717) is 20.9 Å². The van der Waals surface area contributed by atoms with E-state index < -0.39 is 0 Å². The fraction of sp³-hybridized carbons (Fsp3) is 0. The lowest BCUT2D eigenvalue weighted by molar-refractivity contribution is 0.758. The molecule has 0 bridgehead atoms. The molecule has 2 rings (SSSR count). The molecule has 0 spiro atoms. The van der Waals surface area contributed by atoms with Crippen LogP contribution in [-0.2, 0) is 0 Å². The van der Waals surface area contributed by atoms with Crippen molar-refractivity contribution >= 4 is 35.8 Å². The van der Waals surface area contributed by atoms with Crippen molar-refractivity contribution in [3.63, 3.8) is 0 Å². The van der Waals surface area contributed by atoms with Crippen molar-refractivity contribution in [1.29, 1.82) is 0 Å². The maximum atomic E-state index is 5.95. The van der Waals surface area contributed by atoms with E-state index in [1.807, 2.05) is 0 Å². The first-order chi connectivity index (χ1) is 6.68. The Bertz CT molecular complexity index is 470. The van der Waals surface area contributed by atoms with Crippen LogP contribution in [0, 0.1) is 0 Å². The van der Waals surface area contributed by atoms with Gasteiger partial charge in [0.25, 0.3) is 0 Å². The first-order valence-corrected chi connectivity index (χ1v) is 4.81. The molecule has 1 heterocycles. The van der Waals surface area contributed by atoms with Crippen LogP contribution in [0.1, 0.15) is 0 Å². The Hall–Kier alpha value is -0.780. The number of halogens is 2. The molecule has 0 radical (unpaired) electrons. The minimum Gasteiger partial charge on any atom is -0.186 e. The molecule has 0 fully saturated rings. The lowest BCUT2D eigenvalue weighted by Gasteiger charge is -2.03. The molecule has 0 N–H and O–H groups in total. The first kappa shape index (κ1) is 9.76. The highest BCUT2D eigenvalue weighted by atomic mass is 35.5. The highest BCUT2D eigenvalue weighted by Crippen LogP contribution is 2.24. The highest BCUT2D eigenvalue weighted by molar-refractivity contribution is 7.80. The predicted octanol–water partition coefficient (Wildman–Crippen LogP) is 2.26. The summed E-state index contributed by atoms with van der Waals surface area (Å²) in [6.45, 7) is 0. The Morgan fingerprint density at radius 3 is 2.71 bits per heavy atom. The fourth-order valence-electron chi connectivity index (χ4n) is 0.986. The summed E-state index contributed by atoms with van der Waals surface area (Å²) in [5.74, 6) is 0. The number of tetrazole rings is 1. The van der Waals surface area contributed by atoms with Gasteiger partial charge < -0.3 is 0 Å². The van der Waals surface area contributed by atoms with Crippen molar-refractivity contribution in [3.05, 3.63) is 28.2 Å². The van der Waals surface area contributed by atoms with E-state index in [1.165, 1.54) is 4.68 Å². The number of rotatable bonds is 1. The molecule has 0 atom stereocenters. The Morgan fingerprint density at radius 1 is 1.29 bits per heavy atom. The average Bonchev–Trinajstić information content (AvgIpc) is 2.56. The van der Waals surface area contributed by atoms with E-state index in [2.05, 4.69) is 28.2 Å². The fourth-order valence-corrected chi connectivity index (χ4v) is 1.54. The van der Waals surface area contributed by atoms with E-state index in [-0.39, 0.29) is 0 Å². The van der Waals surface area contributed by atoms with Gasteiger partial charge in [0.05, 0.1) is 10.7 Å². The zero-order valence-electron chi connectivity index (χ0n) is 6.72. The third-order valence-electron chi connectivity index (χ3n) is 1.59. The van der Waals surface area contributed by atoms with Crippen molar-refractivity contribution in [2.45, 2.75) is 5.16 Å². The predicted molar refractivity (Wildman–Crippen MR) is 56.4 cm³/mol. The minimum atomic E-state index is 0.356. The standard InChI is InChI=1S/C7H4Cl2N4S/c8-4-1-2-5(9)6(3-4)13-7(14)10-11-12-13/h1-3H,(H,10,12,14). The largest absolute Gasteiger partial charge is 0.211 e. The van der Waals surface area contributed by atoms with Crippen LogP contribution in [-0.4, -0.2) is 20.2 Å². The molecule has 72 valence electrons. The van der Waals surface area contributed by atoms with Gasteiger partial charge in [0.15, 0.2) is 0 Å². The van der Waals surface area contributed by atoms with Gasteiger partial charge in [-0.2, -0.15) is 4.68 Å². The summed E-state index contributed by atoms with van der Waals surface area (Å²) in [5, 5.41) is 12.2. The van der Waals surface area contributed by atoms with Crippen LogP contribution in [0.4, 0.5) is 0 Å². The Kier molecular flexibility index (Phi) is 2.62. The monoisotopic (exact) mass is 246 g/mol. The average molecular weight is 247 g/mol. The second-order valence-electron chi connectivity index (χ2n) is 2.49. The van der Waals surface area contributed by atoms with Gasteiger partial charge in [-0.25, -0.2) is 0 Å². The van der Waals surface area contributed by atoms with Crippen LogP contribution >= 0.6 is 35.8 Å². The van der Waals surface area contributed by atoms with E-state index in [9.17, 15) is 0 Å². The van der Waals surface area contributed by atoms with Gasteiger partial charge >= 0.3 is 0 Å². The maximum Gasteiger partial charge on any atom is 0.211 e. The summed E-state index contributed by atoms with van der Waals surface area (Å²) in [6, 6.07) is 5.03. The normalized spacial score (nSPS) is 10.5. The Balaban J connectivity index is 2.62. The van der Waals surface area contributed by atoms with Crippen LogP contribution in [0.15, 0.2) is 23.4 Å². The summed E-state index contributed by atoms with van der Waals surface area (Å²) < 4.78 is 1.40. The number of thiol groups is 1. The molecule has 1 aromatic heterocycles. The SMILES string of the molecule is Sc1nnnn1-c1cc(Cl)ccc1Cl. The Morgan fingerprint density at radius 2 is 2.07 bits per heavy atom. The zero-order valence-corrected chi connectivity index (χ0v) is 9.13. The van der Waals surface area contributed by atoms with Crippen molar-refractivity contribution in [2.75, 3.05) is 0 Å². The molecule has 0 unspecified atom stereocenters. The van der Waals surface area contributed by atoms with Crippen LogP contribution < -0.4 is 0 Å². The van der Waals surface area contributed by atoms with Gasteiger partial charge in [0.1, 0.15) is 0 Å². The molecule has 0 saturated carbocycles. The van der Waals surface area contributed by atoms with E-state index in [4.69, 9.17) is 23.2 Å². The smallest absolute Gasteiger partial charge is 0.186 e. The van der Waals surface area contributed by atoms with Gasteiger partial charge in [-0.3, -0.25) is 0 Å². The molecular formula is C7H4Cl2N4S. The van der Waals surface area contributed by atoms with Crippen molar-refractivity contribution in [3.8, 4) is 5.69 Å². The molecule has 0 amide bonds. The van der Waals surface area contributed by atoms with Gasteiger partial charge in [-0.05, 0) is 28.6 Å². The van der Waals surface area contributed by atoms with Crippen molar-refractivity contribution < 1.29 is 0 Å². The number of hydrogen-bond donors (Lipinski definition) is 1. The summed E-state index contributed by atoms with van der Waals surface area (Å²) in [4.78, 5) is 0. The minimum absolute atomic E-state index is 0.356. The van der Waals surface area contributed by atoms with Crippen molar-refractivity contribution in [2.24, 2.45) is 0 Å². The van der Waals surface area contributed by atoms with E-state index in [0.717, 1.165) is 0 Å². The molecule has 7 heteroatoms. The molecule has 4 nitrogen and oxygen atoms in total. The number of hydrogen-bond acceptors (Lipinski definition) is 4. The molecule has 1 aromatic carbocycles. The first-order valence-electron chi connectivity index (χ1n) is 3.61. The number of benzene rings is 1. The van der Waals surface area contributed by atoms with Gasteiger partial charge in [-0.1, -0.05) is 23.2 Å². The lowest BCUT2D eigenvalue weighted by Crippen LogP contribution is -1.98. The van der Waals surface area contributed by atoms with Gasteiger partial charge in [-0.15, -0.1) is 17.7 Å². The zero-order chi connectivity index (χ0) is 10.1. The molecule has 0 saturated heterocycles. The number of aromatic nitrogens is 4. The van der Waals surface area contributed by atoms with Crippen molar-refractivity contribution in [1.82, 2.24) is 20.2 Å². The number of nitrogens with zero attached hydrogens (tertiary/aromatic N) is 4. The highest BCUT2D eigenvalue weighted by Gasteiger charge is 2.08. The van der Waals surface area contributed by atoms with E-state index in [1.54, 1.807) is 18.2 Å². The second kappa shape index (κ2) is 3.76. The lowest BCUT2D eigenvalue weighted by atomic mass is 10.3. The third-order valence-corrected chi connectivity index (χ3v) is 2.42. The van der Waals surface area contributed by atoms with Crippen LogP contribution in [0.25, 0.3) is 5.69 Å². The molecule has 14 heavy (non-hydrogen) atoms. The van der Waals surface area contributed by atoms with Crippen LogP contribution in [0.5, 0.6) is 0 Å². The van der Waals surface area contributed by atoms with Gasteiger partial charge in [0.2, 0.25) is 5.16 Å². The summed E-state index contributed by atoms with van der Waals surface area (Å²) >= 11 is 15.8. The topological polar surface area (TPSA) is 43.6 Å². The molecule has 0 aliphatic heterocycles. The van der Waals surface area contributed by atoms with Crippen LogP contribution in [0.2, 0.25) is 10.0 Å². The maximum absolute atomic E-state index is 5.95. The molecule has 0 aliphatic rings. The summed E-state index contributed by atoms with van der Waals surface area (Å²) in [7, 11) is 0. The molecule has 0 aliphatic carbocycles. The van der Waals surface area contributed by atoms with E-state index >= 15 is 0 Å². The molecule has 2 aromatic rings. The summed E-state index contributed by atoms with van der Waals surface area (Å²) in [5.41, 5.74) is 0.606. The summed E-state index contributed by atoms with van der Waals surface area (Å²) in [6.07, 6.45) is 0. The Labute approximate surface area is 95.2 Å². The third kappa shape index (κ3) is 1.70. The second-order valence-corrected chi connectivity index (χ2v) is 3.73. The molecular weight excluding hydrogens is 243 g/mol.